The Labute approximate surface area is 88.4 Å². The Balaban J connectivity index is 1.99. The van der Waals surface area contributed by atoms with E-state index in [0.29, 0.717) is 6.54 Å². The smallest absolute Gasteiger partial charge is 0.126 e. The number of hydrogen-bond donors (Lipinski definition) is 2. The first-order valence-electron chi connectivity index (χ1n) is 4.77. The van der Waals surface area contributed by atoms with Gasteiger partial charge in [-0.2, -0.15) is 0 Å². The summed E-state index contributed by atoms with van der Waals surface area (Å²) < 4.78 is 0. The van der Waals surface area contributed by atoms with Crippen molar-refractivity contribution in [3.8, 4) is 5.75 Å². The molecule has 0 spiro atoms. The maximum atomic E-state index is 9.27. The molecule has 0 amide bonds. The topological polar surface area (TPSA) is 45.1 Å². The lowest BCUT2D eigenvalue weighted by molar-refractivity contribution is 0.474. The highest BCUT2D eigenvalue weighted by Crippen LogP contribution is 2.12. The Hall–Kier alpha value is -2.03. The summed E-state index contributed by atoms with van der Waals surface area (Å²) >= 11 is 0. The molecule has 1 aromatic heterocycles. The normalized spacial score (nSPS) is 9.87. The number of phenolic OH excluding ortho intramolecular Hbond substituents is 1. The average Bonchev–Trinajstić information content (AvgIpc) is 2.28. The molecule has 0 unspecified atom stereocenters. The quantitative estimate of drug-likeness (QED) is 0.799. The SMILES string of the molecule is Oc1cccc(CNc2ccccn2)c1. The Bertz CT molecular complexity index is 429. The average molecular weight is 200 g/mol. The molecule has 3 heteroatoms. The number of rotatable bonds is 3. The van der Waals surface area contributed by atoms with Gasteiger partial charge in [0, 0.05) is 12.7 Å². The van der Waals surface area contributed by atoms with Crippen molar-refractivity contribution in [3.05, 3.63) is 54.2 Å². The zero-order valence-electron chi connectivity index (χ0n) is 8.22. The molecule has 1 heterocycles. The van der Waals surface area contributed by atoms with Crippen LogP contribution in [0, 0.1) is 0 Å². The van der Waals surface area contributed by atoms with Gasteiger partial charge in [-0.1, -0.05) is 18.2 Å². The van der Waals surface area contributed by atoms with Crippen LogP contribution in [0.5, 0.6) is 5.75 Å². The summed E-state index contributed by atoms with van der Waals surface area (Å²) in [5, 5.41) is 12.4. The highest BCUT2D eigenvalue weighted by Gasteiger charge is 1.95. The summed E-state index contributed by atoms with van der Waals surface area (Å²) in [5.41, 5.74) is 1.03. The van der Waals surface area contributed by atoms with Gasteiger partial charge < -0.3 is 10.4 Å². The van der Waals surface area contributed by atoms with Crippen molar-refractivity contribution in [2.24, 2.45) is 0 Å². The van der Waals surface area contributed by atoms with Gasteiger partial charge in [0.25, 0.3) is 0 Å². The van der Waals surface area contributed by atoms with Crippen LogP contribution in [0.15, 0.2) is 48.7 Å². The maximum absolute atomic E-state index is 9.27. The number of phenols is 1. The van der Waals surface area contributed by atoms with Crippen LogP contribution in [0.3, 0.4) is 0 Å². The third kappa shape index (κ3) is 2.71. The van der Waals surface area contributed by atoms with Gasteiger partial charge in [0.1, 0.15) is 11.6 Å². The molecular weight excluding hydrogens is 188 g/mol. The lowest BCUT2D eigenvalue weighted by Gasteiger charge is -2.05. The largest absolute Gasteiger partial charge is 0.508 e. The second-order valence-electron chi connectivity index (χ2n) is 3.24. The van der Waals surface area contributed by atoms with Crippen LogP contribution >= 0.6 is 0 Å². The Morgan fingerprint density at radius 2 is 2.07 bits per heavy atom. The molecular formula is C12H12N2O. The first kappa shape index (κ1) is 9.52. The molecule has 3 nitrogen and oxygen atoms in total. The molecule has 0 saturated carbocycles. The van der Waals surface area contributed by atoms with Gasteiger partial charge in [-0.15, -0.1) is 0 Å². The van der Waals surface area contributed by atoms with E-state index in [2.05, 4.69) is 10.3 Å². The standard InChI is InChI=1S/C12H12N2O/c15-11-5-3-4-10(8-11)9-14-12-6-1-2-7-13-12/h1-8,15H,9H2,(H,13,14). The van der Waals surface area contributed by atoms with Crippen molar-refractivity contribution in [2.75, 3.05) is 5.32 Å². The Morgan fingerprint density at radius 1 is 1.13 bits per heavy atom. The lowest BCUT2D eigenvalue weighted by atomic mass is 10.2. The second-order valence-corrected chi connectivity index (χ2v) is 3.24. The van der Waals surface area contributed by atoms with Crippen molar-refractivity contribution >= 4 is 5.82 Å². The van der Waals surface area contributed by atoms with Crippen LogP contribution in [-0.4, -0.2) is 10.1 Å². The van der Waals surface area contributed by atoms with Crippen LogP contribution in [-0.2, 0) is 6.54 Å². The fraction of sp³-hybridized carbons (Fsp3) is 0.0833. The van der Waals surface area contributed by atoms with Gasteiger partial charge in [0.2, 0.25) is 0 Å². The van der Waals surface area contributed by atoms with E-state index < -0.39 is 0 Å². The molecule has 2 rings (SSSR count). The van der Waals surface area contributed by atoms with Crippen LogP contribution in [0.1, 0.15) is 5.56 Å². The zero-order valence-corrected chi connectivity index (χ0v) is 8.22. The highest BCUT2D eigenvalue weighted by atomic mass is 16.3. The lowest BCUT2D eigenvalue weighted by Crippen LogP contribution is -2.00. The number of benzene rings is 1. The number of nitrogens with one attached hydrogen (secondary N) is 1. The van der Waals surface area contributed by atoms with E-state index in [1.807, 2.05) is 30.3 Å². The highest BCUT2D eigenvalue weighted by molar-refractivity contribution is 5.36. The zero-order chi connectivity index (χ0) is 10.5. The minimum absolute atomic E-state index is 0.287. The van der Waals surface area contributed by atoms with Crippen molar-refractivity contribution in [3.63, 3.8) is 0 Å². The van der Waals surface area contributed by atoms with Crippen molar-refractivity contribution in [1.82, 2.24) is 4.98 Å². The molecule has 76 valence electrons. The van der Waals surface area contributed by atoms with Gasteiger partial charge >= 0.3 is 0 Å². The van der Waals surface area contributed by atoms with Gasteiger partial charge in [-0.3, -0.25) is 0 Å². The van der Waals surface area contributed by atoms with Crippen molar-refractivity contribution < 1.29 is 5.11 Å². The summed E-state index contributed by atoms with van der Waals surface area (Å²) in [6, 6.07) is 12.9. The van der Waals surface area contributed by atoms with E-state index in [4.69, 9.17) is 0 Å². The first-order valence-corrected chi connectivity index (χ1v) is 4.77. The minimum Gasteiger partial charge on any atom is -0.508 e. The monoisotopic (exact) mass is 200 g/mol. The molecule has 0 radical (unpaired) electrons. The van der Waals surface area contributed by atoms with Gasteiger partial charge in [0.15, 0.2) is 0 Å². The summed E-state index contributed by atoms with van der Waals surface area (Å²) in [6.07, 6.45) is 1.74. The molecule has 0 saturated heterocycles. The van der Waals surface area contributed by atoms with E-state index in [1.165, 1.54) is 0 Å². The third-order valence-corrected chi connectivity index (χ3v) is 2.05. The molecule has 15 heavy (non-hydrogen) atoms. The van der Waals surface area contributed by atoms with E-state index >= 15 is 0 Å². The molecule has 0 fully saturated rings. The molecule has 2 N–H and O–H groups in total. The van der Waals surface area contributed by atoms with E-state index in [0.717, 1.165) is 11.4 Å². The molecule has 1 aromatic carbocycles. The van der Waals surface area contributed by atoms with Crippen LogP contribution in [0.25, 0.3) is 0 Å². The van der Waals surface area contributed by atoms with Crippen molar-refractivity contribution in [2.45, 2.75) is 6.54 Å². The minimum atomic E-state index is 0.287. The second kappa shape index (κ2) is 4.46. The molecule has 0 aliphatic carbocycles. The number of pyridine rings is 1. The number of hydrogen-bond acceptors (Lipinski definition) is 3. The fourth-order valence-electron chi connectivity index (χ4n) is 1.33. The summed E-state index contributed by atoms with van der Waals surface area (Å²) in [5.74, 6) is 1.12. The number of aromatic hydroxyl groups is 1. The van der Waals surface area contributed by atoms with Gasteiger partial charge in [-0.05, 0) is 29.8 Å². The summed E-state index contributed by atoms with van der Waals surface area (Å²) in [4.78, 5) is 4.14. The van der Waals surface area contributed by atoms with Crippen LogP contribution in [0.4, 0.5) is 5.82 Å². The van der Waals surface area contributed by atoms with Gasteiger partial charge in [0.05, 0.1) is 0 Å². The van der Waals surface area contributed by atoms with Gasteiger partial charge in [-0.25, -0.2) is 4.98 Å². The fourth-order valence-corrected chi connectivity index (χ4v) is 1.33. The third-order valence-electron chi connectivity index (χ3n) is 2.05. The molecule has 0 bridgehead atoms. The number of aromatic nitrogens is 1. The summed E-state index contributed by atoms with van der Waals surface area (Å²) in [7, 11) is 0. The Morgan fingerprint density at radius 3 is 2.80 bits per heavy atom. The molecule has 0 aliphatic rings. The van der Waals surface area contributed by atoms with E-state index in [9.17, 15) is 5.11 Å². The number of nitrogens with zero attached hydrogens (tertiary/aromatic N) is 1. The number of anilines is 1. The Kier molecular flexibility index (Phi) is 2.83. The molecule has 2 aromatic rings. The van der Waals surface area contributed by atoms with Crippen LogP contribution < -0.4 is 5.32 Å². The van der Waals surface area contributed by atoms with Crippen LogP contribution in [0.2, 0.25) is 0 Å². The predicted octanol–water partition coefficient (Wildman–Crippen LogP) is 2.40. The first-order chi connectivity index (χ1) is 7.34. The van der Waals surface area contributed by atoms with E-state index in [1.54, 1.807) is 18.3 Å². The maximum Gasteiger partial charge on any atom is 0.126 e. The molecule has 0 atom stereocenters. The predicted molar refractivity (Wildman–Crippen MR) is 59.7 cm³/mol. The summed E-state index contributed by atoms with van der Waals surface area (Å²) in [6.45, 7) is 0.658. The molecule has 0 aliphatic heterocycles. The van der Waals surface area contributed by atoms with E-state index in [-0.39, 0.29) is 5.75 Å². The van der Waals surface area contributed by atoms with Crippen molar-refractivity contribution in [1.29, 1.82) is 0 Å².